The van der Waals surface area contributed by atoms with Crippen molar-refractivity contribution in [2.75, 3.05) is 17.1 Å². The van der Waals surface area contributed by atoms with Gasteiger partial charge in [-0.3, -0.25) is 9.52 Å². The van der Waals surface area contributed by atoms with E-state index in [2.05, 4.69) is 4.72 Å². The number of amides is 1. The molecule has 2 aromatic carbocycles. The number of carbonyl (C=O) groups excluding carboxylic acids is 1. The van der Waals surface area contributed by atoms with Crippen molar-refractivity contribution in [1.29, 1.82) is 0 Å². The first kappa shape index (κ1) is 22.9. The largest absolute Gasteiger partial charge is 0.455 e. The normalized spacial score (nSPS) is 18.5. The van der Waals surface area contributed by atoms with Gasteiger partial charge >= 0.3 is 7.12 Å². The molecule has 2 aliphatic rings. The van der Waals surface area contributed by atoms with Crippen LogP contribution in [0, 0.1) is 11.7 Å². The molecule has 1 saturated carbocycles. The first-order valence-corrected chi connectivity index (χ1v) is 12.8. The van der Waals surface area contributed by atoms with Gasteiger partial charge in [-0.15, -0.1) is 0 Å². The predicted molar refractivity (Wildman–Crippen MR) is 126 cm³/mol. The zero-order valence-corrected chi connectivity index (χ0v) is 19.1. The van der Waals surface area contributed by atoms with Crippen molar-refractivity contribution in [3.05, 3.63) is 53.3 Å². The average molecular weight is 486 g/mol. The SMILES string of the molecule is NC(=O)c1c(-c2ccc(F)cc2)oc2cc(NS(=O)(=O)CCC3COB(O)C3)c(C3CC3)cc12. The molecule has 5 rings (SSSR count). The zero-order chi connectivity index (χ0) is 24.0. The summed E-state index contributed by atoms with van der Waals surface area (Å²) >= 11 is 0. The summed E-state index contributed by atoms with van der Waals surface area (Å²) in [5.74, 6) is -0.852. The minimum atomic E-state index is -3.68. The van der Waals surface area contributed by atoms with Crippen molar-refractivity contribution < 1.29 is 31.7 Å². The third kappa shape index (κ3) is 4.68. The molecule has 178 valence electrons. The summed E-state index contributed by atoms with van der Waals surface area (Å²) in [6.45, 7) is 0.338. The molecule has 2 heterocycles. The van der Waals surface area contributed by atoms with E-state index in [1.165, 1.54) is 24.3 Å². The number of sulfonamides is 1. The van der Waals surface area contributed by atoms with Gasteiger partial charge in [-0.25, -0.2) is 12.8 Å². The number of hydrogen-bond acceptors (Lipinski definition) is 6. The first-order chi connectivity index (χ1) is 16.2. The van der Waals surface area contributed by atoms with Crippen molar-refractivity contribution in [2.24, 2.45) is 11.7 Å². The Balaban J connectivity index is 1.50. The van der Waals surface area contributed by atoms with Crippen LogP contribution in [0.1, 0.15) is 41.1 Å². The van der Waals surface area contributed by atoms with E-state index in [1.807, 2.05) is 0 Å². The van der Waals surface area contributed by atoms with E-state index in [-0.39, 0.29) is 28.9 Å². The van der Waals surface area contributed by atoms with Gasteiger partial charge < -0.3 is 19.8 Å². The van der Waals surface area contributed by atoms with Crippen LogP contribution in [0.15, 0.2) is 40.8 Å². The Kier molecular flexibility index (Phi) is 5.87. The molecule has 0 radical (unpaired) electrons. The highest BCUT2D eigenvalue weighted by Crippen LogP contribution is 2.46. The number of primary amides is 1. The van der Waals surface area contributed by atoms with Crippen LogP contribution < -0.4 is 10.5 Å². The molecule has 34 heavy (non-hydrogen) atoms. The van der Waals surface area contributed by atoms with E-state index in [0.717, 1.165) is 18.4 Å². The molecule has 0 bridgehead atoms. The highest BCUT2D eigenvalue weighted by Gasteiger charge is 2.32. The summed E-state index contributed by atoms with van der Waals surface area (Å²) in [5, 5.41) is 9.97. The second-order valence-corrected chi connectivity index (χ2v) is 10.8. The van der Waals surface area contributed by atoms with Gasteiger partial charge in [-0.1, -0.05) is 0 Å². The summed E-state index contributed by atoms with van der Waals surface area (Å²) in [7, 11) is -4.51. The number of nitrogens with two attached hydrogens (primary N) is 1. The van der Waals surface area contributed by atoms with Gasteiger partial charge in [0.15, 0.2) is 0 Å². The molecule has 8 nitrogen and oxygen atoms in total. The van der Waals surface area contributed by atoms with Crippen LogP contribution in [-0.2, 0) is 14.7 Å². The molecule has 2 fully saturated rings. The summed E-state index contributed by atoms with van der Waals surface area (Å²) < 4.78 is 52.8. The molecule has 1 amide bonds. The Morgan fingerprint density at radius 3 is 2.59 bits per heavy atom. The van der Waals surface area contributed by atoms with Crippen molar-refractivity contribution in [1.82, 2.24) is 0 Å². The lowest BCUT2D eigenvalue weighted by Crippen LogP contribution is -2.20. The third-order valence-electron chi connectivity index (χ3n) is 6.35. The van der Waals surface area contributed by atoms with Crippen molar-refractivity contribution in [3.63, 3.8) is 0 Å². The van der Waals surface area contributed by atoms with Crippen LogP contribution in [0.2, 0.25) is 6.32 Å². The van der Waals surface area contributed by atoms with Gasteiger partial charge in [0.2, 0.25) is 10.0 Å². The van der Waals surface area contributed by atoms with Crippen molar-refractivity contribution >= 4 is 39.7 Å². The second-order valence-electron chi connectivity index (χ2n) is 8.99. The molecule has 3 aromatic rings. The second kappa shape index (κ2) is 8.72. The third-order valence-corrected chi connectivity index (χ3v) is 7.65. The maximum atomic E-state index is 13.4. The minimum absolute atomic E-state index is 0.0153. The number of anilines is 1. The molecular weight excluding hydrogens is 462 g/mol. The van der Waals surface area contributed by atoms with E-state index < -0.39 is 28.9 Å². The Hall–Kier alpha value is -2.89. The van der Waals surface area contributed by atoms with Gasteiger partial charge in [-0.05, 0) is 73.3 Å². The molecule has 1 aliphatic carbocycles. The van der Waals surface area contributed by atoms with Gasteiger partial charge in [0.25, 0.3) is 5.91 Å². The van der Waals surface area contributed by atoms with Crippen LogP contribution in [0.5, 0.6) is 0 Å². The Bertz CT molecular complexity index is 1350. The first-order valence-electron chi connectivity index (χ1n) is 11.2. The monoisotopic (exact) mass is 486 g/mol. The standard InChI is InChI=1S/C23H24BFN2O6S/c25-16-5-3-15(4-6-16)22-21(23(26)28)18-9-17(14-1-2-14)19(10-20(18)33-22)27-34(30,31)8-7-13-11-24(29)32-12-13/h3-6,9-10,13-14,27,29H,1-2,7-8,11-12H2,(H2,26,28). The molecule has 1 aromatic heterocycles. The lowest BCUT2D eigenvalue weighted by molar-refractivity contribution is 0.100. The van der Waals surface area contributed by atoms with Gasteiger partial charge in [0.1, 0.15) is 17.2 Å². The number of hydrogen-bond donors (Lipinski definition) is 3. The molecule has 1 atom stereocenters. The quantitative estimate of drug-likeness (QED) is 0.418. The molecule has 1 unspecified atom stereocenters. The van der Waals surface area contributed by atoms with Crippen LogP contribution >= 0.6 is 0 Å². The molecule has 1 aliphatic heterocycles. The van der Waals surface area contributed by atoms with E-state index in [0.29, 0.717) is 41.6 Å². The summed E-state index contributed by atoms with van der Waals surface area (Å²) in [4.78, 5) is 12.3. The maximum Gasteiger partial charge on any atom is 0.454 e. The summed E-state index contributed by atoms with van der Waals surface area (Å²) in [6, 6.07) is 8.86. The summed E-state index contributed by atoms with van der Waals surface area (Å²) in [5.41, 5.74) is 7.84. The number of fused-ring (bicyclic) bond motifs is 1. The Morgan fingerprint density at radius 2 is 1.97 bits per heavy atom. The van der Waals surface area contributed by atoms with Crippen molar-refractivity contribution in [2.45, 2.75) is 31.5 Å². The molecular formula is C23H24BFN2O6S. The zero-order valence-electron chi connectivity index (χ0n) is 18.3. The number of furan rings is 1. The Morgan fingerprint density at radius 1 is 1.24 bits per heavy atom. The average Bonchev–Trinajstić information content (AvgIpc) is 3.43. The number of benzene rings is 2. The van der Waals surface area contributed by atoms with Crippen LogP contribution in [0.4, 0.5) is 10.1 Å². The number of rotatable bonds is 8. The minimum Gasteiger partial charge on any atom is -0.455 e. The Labute approximate surface area is 196 Å². The van der Waals surface area contributed by atoms with Crippen LogP contribution in [-0.4, -0.2) is 38.8 Å². The van der Waals surface area contributed by atoms with E-state index in [4.69, 9.17) is 14.8 Å². The van der Waals surface area contributed by atoms with E-state index >= 15 is 0 Å². The number of nitrogens with one attached hydrogen (secondary N) is 1. The fourth-order valence-electron chi connectivity index (χ4n) is 4.44. The van der Waals surface area contributed by atoms with Gasteiger partial charge in [0, 0.05) is 23.6 Å². The predicted octanol–water partition coefficient (Wildman–Crippen LogP) is 3.47. The van der Waals surface area contributed by atoms with Gasteiger partial charge in [0.05, 0.1) is 17.0 Å². The molecule has 1 saturated heterocycles. The lowest BCUT2D eigenvalue weighted by Gasteiger charge is -2.14. The van der Waals surface area contributed by atoms with Gasteiger partial charge in [-0.2, -0.15) is 0 Å². The maximum absolute atomic E-state index is 13.4. The van der Waals surface area contributed by atoms with Crippen molar-refractivity contribution in [3.8, 4) is 11.3 Å². The fourth-order valence-corrected chi connectivity index (χ4v) is 5.70. The molecule has 0 spiro atoms. The van der Waals surface area contributed by atoms with Crippen LogP contribution in [0.25, 0.3) is 22.3 Å². The molecule has 11 heteroatoms. The highest BCUT2D eigenvalue weighted by atomic mass is 32.2. The van der Waals surface area contributed by atoms with E-state index in [1.54, 1.807) is 12.1 Å². The number of carbonyl (C=O) groups is 1. The fraction of sp³-hybridized carbons (Fsp3) is 0.348. The molecule has 4 N–H and O–H groups in total. The highest BCUT2D eigenvalue weighted by molar-refractivity contribution is 7.92. The smallest absolute Gasteiger partial charge is 0.454 e. The number of halogens is 1. The van der Waals surface area contributed by atoms with E-state index in [9.17, 15) is 22.6 Å². The summed E-state index contributed by atoms with van der Waals surface area (Å²) in [6.07, 6.45) is 2.61. The van der Waals surface area contributed by atoms with Crippen LogP contribution in [0.3, 0.4) is 0 Å². The topological polar surface area (TPSA) is 132 Å². The lowest BCUT2D eigenvalue weighted by atomic mass is 9.81.